The summed E-state index contributed by atoms with van der Waals surface area (Å²) in [6, 6.07) is 14.9. The number of carbonyl (C=O) groups is 1. The van der Waals surface area contributed by atoms with Crippen molar-refractivity contribution >= 4 is 28.4 Å². The summed E-state index contributed by atoms with van der Waals surface area (Å²) >= 11 is 2.18. The molecule has 0 aliphatic carbocycles. The molecule has 0 amide bonds. The van der Waals surface area contributed by atoms with E-state index in [1.54, 1.807) is 6.07 Å². The van der Waals surface area contributed by atoms with E-state index in [1.165, 1.54) is 0 Å². The number of rotatable bonds is 4. The van der Waals surface area contributed by atoms with E-state index in [4.69, 9.17) is 4.74 Å². The Bertz CT molecular complexity index is 564. The molecule has 2 aromatic rings. The Kier molecular flexibility index (Phi) is 4.36. The number of carbonyl (C=O) groups excluding carboxylic acids is 1. The summed E-state index contributed by atoms with van der Waals surface area (Å²) in [6.07, 6.45) is 0. The third kappa shape index (κ3) is 2.90. The molecule has 0 N–H and O–H groups in total. The van der Waals surface area contributed by atoms with Crippen molar-refractivity contribution in [1.29, 1.82) is 0 Å². The topological polar surface area (TPSA) is 26.3 Å². The molecule has 0 saturated heterocycles. The van der Waals surface area contributed by atoms with Gasteiger partial charge in [0.1, 0.15) is 5.75 Å². The maximum absolute atomic E-state index is 12.4. The SMILES string of the molecule is CCOc1cccc(C(=O)c2ccccc2I)c1. The molecule has 3 heteroatoms. The molecule has 0 heterocycles. The van der Waals surface area contributed by atoms with E-state index in [9.17, 15) is 4.79 Å². The number of benzene rings is 2. The van der Waals surface area contributed by atoms with Gasteiger partial charge in [0.15, 0.2) is 5.78 Å². The van der Waals surface area contributed by atoms with Crippen LogP contribution in [0.3, 0.4) is 0 Å². The van der Waals surface area contributed by atoms with Crippen LogP contribution >= 0.6 is 22.6 Å². The van der Waals surface area contributed by atoms with Crippen molar-refractivity contribution in [3.05, 3.63) is 63.2 Å². The van der Waals surface area contributed by atoms with Crippen LogP contribution in [-0.4, -0.2) is 12.4 Å². The van der Waals surface area contributed by atoms with Gasteiger partial charge in [-0.2, -0.15) is 0 Å². The van der Waals surface area contributed by atoms with Crippen molar-refractivity contribution in [2.45, 2.75) is 6.92 Å². The lowest BCUT2D eigenvalue weighted by Gasteiger charge is -2.06. The van der Waals surface area contributed by atoms with E-state index in [1.807, 2.05) is 49.4 Å². The summed E-state index contributed by atoms with van der Waals surface area (Å²) in [4.78, 5) is 12.4. The molecule has 2 nitrogen and oxygen atoms in total. The molecule has 18 heavy (non-hydrogen) atoms. The van der Waals surface area contributed by atoms with Crippen molar-refractivity contribution in [3.63, 3.8) is 0 Å². The molecule has 2 aromatic carbocycles. The summed E-state index contributed by atoms with van der Waals surface area (Å²) in [7, 11) is 0. The fourth-order valence-corrected chi connectivity index (χ4v) is 2.33. The molecule has 0 atom stereocenters. The molecule has 0 fully saturated rings. The summed E-state index contributed by atoms with van der Waals surface area (Å²) < 4.78 is 6.37. The largest absolute Gasteiger partial charge is 0.494 e. The van der Waals surface area contributed by atoms with Gasteiger partial charge in [-0.3, -0.25) is 4.79 Å². The van der Waals surface area contributed by atoms with Crippen LogP contribution in [-0.2, 0) is 0 Å². The molecule has 2 rings (SSSR count). The van der Waals surface area contributed by atoms with Crippen LogP contribution in [0.15, 0.2) is 48.5 Å². The van der Waals surface area contributed by atoms with Gasteiger partial charge in [-0.1, -0.05) is 24.3 Å². The Hall–Kier alpha value is -1.36. The maximum atomic E-state index is 12.4. The molecule has 0 bridgehead atoms. The number of halogens is 1. The van der Waals surface area contributed by atoms with Gasteiger partial charge in [-0.25, -0.2) is 0 Å². The smallest absolute Gasteiger partial charge is 0.194 e. The van der Waals surface area contributed by atoms with E-state index < -0.39 is 0 Å². The second-order valence-electron chi connectivity index (χ2n) is 3.77. The number of hydrogen-bond donors (Lipinski definition) is 0. The first-order chi connectivity index (χ1) is 8.72. The average Bonchev–Trinajstić information content (AvgIpc) is 2.39. The van der Waals surface area contributed by atoms with Crippen molar-refractivity contribution < 1.29 is 9.53 Å². The first kappa shape index (κ1) is 13.1. The Morgan fingerprint density at radius 1 is 1.17 bits per heavy atom. The van der Waals surface area contributed by atoms with E-state index >= 15 is 0 Å². The fourth-order valence-electron chi connectivity index (χ4n) is 1.69. The standard InChI is InChI=1S/C15H13IO2/c1-2-18-12-7-5-6-11(10-12)15(17)13-8-3-4-9-14(13)16/h3-10H,2H2,1H3. The summed E-state index contributed by atoms with van der Waals surface area (Å²) in [6.45, 7) is 2.52. The van der Waals surface area contributed by atoms with Crippen molar-refractivity contribution in [2.24, 2.45) is 0 Å². The Morgan fingerprint density at radius 2 is 1.94 bits per heavy atom. The quantitative estimate of drug-likeness (QED) is 0.616. The summed E-state index contributed by atoms with van der Waals surface area (Å²) in [5.41, 5.74) is 1.39. The van der Waals surface area contributed by atoms with E-state index in [2.05, 4.69) is 22.6 Å². The van der Waals surface area contributed by atoms with Crippen LogP contribution in [0.5, 0.6) is 5.75 Å². The van der Waals surface area contributed by atoms with Gasteiger partial charge in [0.25, 0.3) is 0 Å². The molecule has 0 radical (unpaired) electrons. The highest BCUT2D eigenvalue weighted by Crippen LogP contribution is 2.19. The van der Waals surface area contributed by atoms with Crippen molar-refractivity contribution in [1.82, 2.24) is 0 Å². The Morgan fingerprint density at radius 3 is 2.67 bits per heavy atom. The minimum absolute atomic E-state index is 0.0292. The normalized spacial score (nSPS) is 10.1. The minimum Gasteiger partial charge on any atom is -0.494 e. The second kappa shape index (κ2) is 6.00. The molecule has 0 aromatic heterocycles. The maximum Gasteiger partial charge on any atom is 0.194 e. The molecular weight excluding hydrogens is 339 g/mol. The number of ketones is 1. The second-order valence-corrected chi connectivity index (χ2v) is 4.93. The highest BCUT2D eigenvalue weighted by molar-refractivity contribution is 14.1. The monoisotopic (exact) mass is 352 g/mol. The Labute approximate surface area is 120 Å². The van der Waals surface area contributed by atoms with Gasteiger partial charge in [0.05, 0.1) is 6.61 Å². The van der Waals surface area contributed by atoms with E-state index in [-0.39, 0.29) is 5.78 Å². The molecule has 92 valence electrons. The van der Waals surface area contributed by atoms with Gasteiger partial charge in [-0.15, -0.1) is 0 Å². The van der Waals surface area contributed by atoms with Gasteiger partial charge in [-0.05, 0) is 53.8 Å². The molecule has 0 aliphatic heterocycles. The molecular formula is C15H13IO2. The third-order valence-electron chi connectivity index (χ3n) is 2.53. The Balaban J connectivity index is 2.34. The molecule has 0 unspecified atom stereocenters. The fraction of sp³-hybridized carbons (Fsp3) is 0.133. The zero-order chi connectivity index (χ0) is 13.0. The van der Waals surface area contributed by atoms with Gasteiger partial charge < -0.3 is 4.74 Å². The lowest BCUT2D eigenvalue weighted by atomic mass is 10.0. The summed E-state index contributed by atoms with van der Waals surface area (Å²) in [5, 5.41) is 0. The summed E-state index contributed by atoms with van der Waals surface area (Å²) in [5.74, 6) is 0.760. The van der Waals surface area contributed by atoms with Gasteiger partial charge in [0, 0.05) is 14.7 Å². The van der Waals surface area contributed by atoms with E-state index in [0.29, 0.717) is 12.2 Å². The van der Waals surface area contributed by atoms with Gasteiger partial charge >= 0.3 is 0 Å². The first-order valence-corrected chi connectivity index (χ1v) is 6.82. The number of ether oxygens (including phenoxy) is 1. The average molecular weight is 352 g/mol. The van der Waals surface area contributed by atoms with Crippen LogP contribution in [0.1, 0.15) is 22.8 Å². The molecule has 0 aliphatic rings. The van der Waals surface area contributed by atoms with Crippen molar-refractivity contribution in [2.75, 3.05) is 6.61 Å². The van der Waals surface area contributed by atoms with Gasteiger partial charge in [0.2, 0.25) is 0 Å². The van der Waals surface area contributed by atoms with Crippen LogP contribution in [0, 0.1) is 3.57 Å². The highest BCUT2D eigenvalue weighted by Gasteiger charge is 2.12. The lowest BCUT2D eigenvalue weighted by Crippen LogP contribution is -2.04. The molecule has 0 saturated carbocycles. The van der Waals surface area contributed by atoms with Crippen LogP contribution in [0.25, 0.3) is 0 Å². The zero-order valence-electron chi connectivity index (χ0n) is 10.0. The highest BCUT2D eigenvalue weighted by atomic mass is 127. The van der Waals surface area contributed by atoms with Crippen LogP contribution in [0.2, 0.25) is 0 Å². The minimum atomic E-state index is 0.0292. The van der Waals surface area contributed by atoms with Crippen molar-refractivity contribution in [3.8, 4) is 5.75 Å². The number of hydrogen-bond acceptors (Lipinski definition) is 2. The van der Waals surface area contributed by atoms with Crippen LogP contribution in [0.4, 0.5) is 0 Å². The first-order valence-electron chi connectivity index (χ1n) is 5.74. The molecule has 0 spiro atoms. The van der Waals surface area contributed by atoms with Crippen LogP contribution < -0.4 is 4.74 Å². The zero-order valence-corrected chi connectivity index (χ0v) is 12.2. The predicted octanol–water partition coefficient (Wildman–Crippen LogP) is 3.92. The third-order valence-corrected chi connectivity index (χ3v) is 3.47. The lowest BCUT2D eigenvalue weighted by molar-refractivity contribution is 0.103. The predicted molar refractivity (Wildman–Crippen MR) is 80.2 cm³/mol. The van der Waals surface area contributed by atoms with E-state index in [0.717, 1.165) is 14.9 Å².